The van der Waals surface area contributed by atoms with Crippen LogP contribution < -0.4 is 9.47 Å². The Balaban J connectivity index is 1.70. The number of hydrogen-bond donors (Lipinski definition) is 2. The highest BCUT2D eigenvalue weighted by atomic mass is 16.6. The lowest BCUT2D eigenvalue weighted by Crippen LogP contribution is -2.77. The maximum atomic E-state index is 14.8. The normalized spacial score (nSPS) is 34.1. The van der Waals surface area contributed by atoms with Gasteiger partial charge < -0.3 is 29.2 Å². The van der Waals surface area contributed by atoms with Gasteiger partial charge >= 0.3 is 5.97 Å². The van der Waals surface area contributed by atoms with Crippen LogP contribution in [0.15, 0.2) is 34.9 Å². The summed E-state index contributed by atoms with van der Waals surface area (Å²) < 4.78 is 26.1. The van der Waals surface area contributed by atoms with Crippen LogP contribution >= 0.6 is 0 Å². The van der Waals surface area contributed by atoms with E-state index in [0.717, 1.165) is 5.57 Å². The number of allylic oxidation sites excluding steroid dienone is 2. The molecular formula is C34H40O9. The number of fused-ring (bicyclic) bond motifs is 3. The Bertz CT molecular complexity index is 1600. The van der Waals surface area contributed by atoms with Crippen LogP contribution in [0.5, 0.6) is 17.2 Å². The zero-order chi connectivity index (χ0) is 31.7. The number of rotatable bonds is 6. The van der Waals surface area contributed by atoms with E-state index in [1.165, 1.54) is 20.1 Å². The Morgan fingerprint density at radius 3 is 2.40 bits per heavy atom. The van der Waals surface area contributed by atoms with Gasteiger partial charge in [-0.05, 0) is 60.5 Å². The van der Waals surface area contributed by atoms with E-state index in [4.69, 9.17) is 18.9 Å². The summed E-state index contributed by atoms with van der Waals surface area (Å²) in [6, 6.07) is 0. The number of methoxy groups -OCH3 is 1. The Kier molecular flexibility index (Phi) is 6.08. The lowest BCUT2D eigenvalue weighted by Gasteiger charge is -2.59. The number of ketones is 2. The molecule has 230 valence electrons. The lowest BCUT2D eigenvalue weighted by atomic mass is 9.49. The van der Waals surface area contributed by atoms with Crippen LogP contribution in [0, 0.1) is 5.92 Å². The van der Waals surface area contributed by atoms with Crippen LogP contribution in [0.4, 0.5) is 0 Å². The molecule has 7 rings (SSSR count). The van der Waals surface area contributed by atoms with E-state index in [1.54, 1.807) is 6.08 Å². The molecule has 9 nitrogen and oxygen atoms in total. The first-order chi connectivity index (χ1) is 19.9. The SMILES string of the molecule is CO[C@]12C=C3C(=O)c4c(O)c(CC=C(C)C)c5c(c4O[C@]34C(C1)C(C)(C)O[C@]4(C/C=C(/C)C(=O)O)C2=O)C(C)(C)[C@H](C)O5. The van der Waals surface area contributed by atoms with E-state index in [0.29, 0.717) is 23.3 Å². The third-order valence-electron chi connectivity index (χ3n) is 10.7. The fraction of sp³-hybridized carbons (Fsp3) is 0.559. The molecule has 1 unspecified atom stereocenters. The summed E-state index contributed by atoms with van der Waals surface area (Å²) in [6.07, 6.45) is 5.11. The van der Waals surface area contributed by atoms with Crippen LogP contribution in [0.1, 0.15) is 89.7 Å². The average molecular weight is 593 g/mol. The molecule has 3 aliphatic heterocycles. The second kappa shape index (κ2) is 8.82. The van der Waals surface area contributed by atoms with E-state index in [-0.39, 0.29) is 47.2 Å². The summed E-state index contributed by atoms with van der Waals surface area (Å²) in [5.74, 6) is -2.05. The minimum absolute atomic E-state index is 0.0365. The molecule has 2 N–H and O–H groups in total. The van der Waals surface area contributed by atoms with Crippen molar-refractivity contribution in [3.05, 3.63) is 51.6 Å². The van der Waals surface area contributed by atoms with Crippen LogP contribution in [-0.4, -0.2) is 63.4 Å². The van der Waals surface area contributed by atoms with Crippen LogP contribution in [0.2, 0.25) is 0 Å². The summed E-state index contributed by atoms with van der Waals surface area (Å²) in [4.78, 5) is 41.2. The molecule has 5 atom stereocenters. The molecule has 3 aliphatic carbocycles. The monoisotopic (exact) mass is 592 g/mol. The van der Waals surface area contributed by atoms with Gasteiger partial charge in [0.2, 0.25) is 5.78 Å². The van der Waals surface area contributed by atoms with E-state index in [2.05, 4.69) is 0 Å². The Morgan fingerprint density at radius 2 is 1.79 bits per heavy atom. The van der Waals surface area contributed by atoms with E-state index >= 15 is 0 Å². The maximum Gasteiger partial charge on any atom is 0.330 e. The van der Waals surface area contributed by atoms with Gasteiger partial charge in [-0.2, -0.15) is 0 Å². The summed E-state index contributed by atoms with van der Waals surface area (Å²) in [5, 5.41) is 21.4. The third-order valence-corrected chi connectivity index (χ3v) is 10.7. The summed E-state index contributed by atoms with van der Waals surface area (Å²) >= 11 is 0. The van der Waals surface area contributed by atoms with Gasteiger partial charge in [-0.15, -0.1) is 0 Å². The van der Waals surface area contributed by atoms with Gasteiger partial charge in [0.05, 0.1) is 5.60 Å². The van der Waals surface area contributed by atoms with Gasteiger partial charge in [-0.25, -0.2) is 4.79 Å². The van der Waals surface area contributed by atoms with Crippen molar-refractivity contribution in [1.82, 2.24) is 0 Å². The number of carbonyl (C=O) groups is 3. The predicted octanol–water partition coefficient (Wildman–Crippen LogP) is 5.16. The molecule has 1 saturated heterocycles. The van der Waals surface area contributed by atoms with Crippen LogP contribution in [0.25, 0.3) is 0 Å². The Morgan fingerprint density at radius 1 is 1.12 bits per heavy atom. The molecule has 0 aromatic heterocycles. The number of Topliss-reactive ketones (excluding diaryl/α,β-unsaturated/α-hetero) is 2. The second-order valence-corrected chi connectivity index (χ2v) is 14.0. The molecule has 43 heavy (non-hydrogen) atoms. The van der Waals surface area contributed by atoms with Crippen molar-refractivity contribution in [2.24, 2.45) is 5.92 Å². The second-order valence-electron chi connectivity index (χ2n) is 14.0. The molecule has 0 radical (unpaired) electrons. The number of ether oxygens (including phenoxy) is 4. The van der Waals surface area contributed by atoms with Gasteiger partial charge in [0.25, 0.3) is 0 Å². The molecular weight excluding hydrogens is 552 g/mol. The fourth-order valence-corrected chi connectivity index (χ4v) is 8.02. The minimum atomic E-state index is -1.76. The highest BCUT2D eigenvalue weighted by Crippen LogP contribution is 2.70. The first-order valence-electron chi connectivity index (χ1n) is 14.8. The maximum absolute atomic E-state index is 14.8. The van der Waals surface area contributed by atoms with Gasteiger partial charge in [0.15, 0.2) is 17.0 Å². The van der Waals surface area contributed by atoms with Crippen molar-refractivity contribution in [3.8, 4) is 17.2 Å². The van der Waals surface area contributed by atoms with E-state index < -0.39 is 51.3 Å². The molecule has 1 spiro atoms. The van der Waals surface area contributed by atoms with Crippen molar-refractivity contribution in [1.29, 1.82) is 0 Å². The van der Waals surface area contributed by atoms with Gasteiger partial charge in [-0.3, -0.25) is 9.59 Å². The van der Waals surface area contributed by atoms with Gasteiger partial charge in [-0.1, -0.05) is 31.6 Å². The standard InChI is InChI=1S/C34H40O9/c1-16(2)10-11-19-24(35)22-25(36)20-14-32(40-9)15-21-31(7,8)43-33(29(32)39,13-12-17(3)28(37)38)34(20,21)42-27(22)23-26(19)41-18(4)30(23,5)6/h10,12,14,18,21,35H,11,13,15H2,1-9H3,(H,37,38)/b17-12-/t18-,21?,32+,33+,34-/m0/s1. The largest absolute Gasteiger partial charge is 0.507 e. The van der Waals surface area contributed by atoms with E-state index in [1.807, 2.05) is 54.5 Å². The number of phenols is 1. The number of carbonyl (C=O) groups excluding carboxylic acids is 2. The van der Waals surface area contributed by atoms with Crippen molar-refractivity contribution < 1.29 is 43.5 Å². The molecule has 0 amide bonds. The van der Waals surface area contributed by atoms with Crippen LogP contribution in [0.3, 0.4) is 0 Å². The van der Waals surface area contributed by atoms with Gasteiger partial charge in [0, 0.05) is 47.1 Å². The van der Waals surface area contributed by atoms with Crippen molar-refractivity contribution in [3.63, 3.8) is 0 Å². The number of carboxylic acids is 1. The zero-order valence-electron chi connectivity index (χ0n) is 26.3. The highest BCUT2D eigenvalue weighted by molar-refractivity contribution is 6.20. The van der Waals surface area contributed by atoms with Crippen molar-refractivity contribution in [2.45, 2.75) is 109 Å². The fourth-order valence-electron chi connectivity index (χ4n) is 8.02. The molecule has 3 heterocycles. The number of phenolic OH excluding ortho intramolecular Hbond substituents is 1. The smallest absolute Gasteiger partial charge is 0.330 e. The number of carboxylic acid groups (broad SMARTS) is 1. The first kappa shape index (κ1) is 29.6. The highest BCUT2D eigenvalue weighted by Gasteiger charge is 2.84. The molecule has 9 heteroatoms. The molecule has 1 saturated carbocycles. The quantitative estimate of drug-likeness (QED) is 0.340. The Hall–Kier alpha value is -3.43. The molecule has 1 aromatic rings. The summed E-state index contributed by atoms with van der Waals surface area (Å²) in [6.45, 7) is 15.1. The lowest BCUT2D eigenvalue weighted by molar-refractivity contribution is -0.190. The molecule has 2 fully saturated rings. The number of benzene rings is 1. The number of aromatic hydroxyl groups is 1. The van der Waals surface area contributed by atoms with E-state index in [9.17, 15) is 24.6 Å². The van der Waals surface area contributed by atoms with Crippen molar-refractivity contribution in [2.75, 3.05) is 7.11 Å². The first-order valence-corrected chi connectivity index (χ1v) is 14.8. The number of aliphatic carboxylic acids is 1. The summed E-state index contributed by atoms with van der Waals surface area (Å²) in [7, 11) is 1.43. The summed E-state index contributed by atoms with van der Waals surface area (Å²) in [5.41, 5.74) is -3.91. The topological polar surface area (TPSA) is 129 Å². The minimum Gasteiger partial charge on any atom is -0.507 e. The average Bonchev–Trinajstić information content (AvgIpc) is 3.25. The molecule has 6 aliphatic rings. The van der Waals surface area contributed by atoms with Crippen LogP contribution in [-0.2, 0) is 30.9 Å². The van der Waals surface area contributed by atoms with Gasteiger partial charge in [0.1, 0.15) is 34.5 Å². The third kappa shape index (κ3) is 3.43. The number of hydrogen-bond acceptors (Lipinski definition) is 8. The zero-order valence-corrected chi connectivity index (χ0v) is 26.3. The van der Waals surface area contributed by atoms with Crippen molar-refractivity contribution >= 4 is 17.5 Å². The molecule has 1 aromatic carbocycles. The Labute approximate surface area is 251 Å². The predicted molar refractivity (Wildman–Crippen MR) is 157 cm³/mol. The molecule has 4 bridgehead atoms.